The van der Waals surface area contributed by atoms with E-state index < -0.39 is 0 Å². The third-order valence-electron chi connectivity index (χ3n) is 2.78. The predicted octanol–water partition coefficient (Wildman–Crippen LogP) is 0.180. The van der Waals surface area contributed by atoms with Crippen LogP contribution in [0.3, 0.4) is 0 Å². The fourth-order valence-corrected chi connectivity index (χ4v) is 1.80. The van der Waals surface area contributed by atoms with Gasteiger partial charge in [-0.05, 0) is 33.2 Å². The molecule has 1 unspecified atom stereocenters. The monoisotopic (exact) mass is 172 g/mol. The standard InChI is InChI=1S/C9H20N2O/c1-9(2,4-5-10)11-6-3-8(12)7-11/h8,12H,3-7,10H2,1-2H3. The summed E-state index contributed by atoms with van der Waals surface area (Å²) in [7, 11) is 0. The van der Waals surface area contributed by atoms with Crippen molar-refractivity contribution < 1.29 is 5.11 Å². The van der Waals surface area contributed by atoms with E-state index in [-0.39, 0.29) is 11.6 Å². The Hall–Kier alpha value is -0.120. The molecule has 1 atom stereocenters. The van der Waals surface area contributed by atoms with Gasteiger partial charge in [-0.15, -0.1) is 0 Å². The second kappa shape index (κ2) is 3.73. The van der Waals surface area contributed by atoms with Crippen molar-refractivity contribution in [3.8, 4) is 0 Å². The van der Waals surface area contributed by atoms with Crippen molar-refractivity contribution in [2.45, 2.75) is 38.3 Å². The van der Waals surface area contributed by atoms with Crippen LogP contribution in [0, 0.1) is 0 Å². The molecule has 1 fully saturated rings. The van der Waals surface area contributed by atoms with Gasteiger partial charge >= 0.3 is 0 Å². The van der Waals surface area contributed by atoms with Gasteiger partial charge in [0, 0.05) is 18.6 Å². The van der Waals surface area contributed by atoms with Gasteiger partial charge in [-0.25, -0.2) is 0 Å². The molecular weight excluding hydrogens is 152 g/mol. The highest BCUT2D eigenvalue weighted by Crippen LogP contribution is 2.23. The molecule has 12 heavy (non-hydrogen) atoms. The molecule has 0 aromatic heterocycles. The maximum Gasteiger partial charge on any atom is 0.0679 e. The minimum Gasteiger partial charge on any atom is -0.392 e. The highest BCUT2D eigenvalue weighted by Gasteiger charge is 2.31. The fraction of sp³-hybridized carbons (Fsp3) is 1.00. The Morgan fingerprint density at radius 3 is 2.67 bits per heavy atom. The van der Waals surface area contributed by atoms with E-state index in [2.05, 4.69) is 18.7 Å². The SMILES string of the molecule is CC(C)(CCN)N1CCC(O)C1. The summed E-state index contributed by atoms with van der Waals surface area (Å²) in [6, 6.07) is 0. The highest BCUT2D eigenvalue weighted by atomic mass is 16.3. The summed E-state index contributed by atoms with van der Waals surface area (Å²) in [5, 5.41) is 9.36. The van der Waals surface area contributed by atoms with Gasteiger partial charge in [0.15, 0.2) is 0 Å². The Bertz CT molecular complexity index is 147. The van der Waals surface area contributed by atoms with Gasteiger partial charge in [-0.2, -0.15) is 0 Å². The van der Waals surface area contributed by atoms with Crippen LogP contribution in [0.1, 0.15) is 26.7 Å². The van der Waals surface area contributed by atoms with E-state index in [4.69, 9.17) is 5.73 Å². The molecule has 72 valence electrons. The number of aliphatic hydroxyl groups excluding tert-OH is 1. The summed E-state index contributed by atoms with van der Waals surface area (Å²) in [4.78, 5) is 2.32. The summed E-state index contributed by atoms with van der Waals surface area (Å²) < 4.78 is 0. The average molecular weight is 172 g/mol. The third kappa shape index (κ3) is 2.19. The number of aliphatic hydroxyl groups is 1. The van der Waals surface area contributed by atoms with Crippen molar-refractivity contribution in [2.24, 2.45) is 5.73 Å². The molecule has 1 rings (SSSR count). The second-order valence-corrected chi connectivity index (χ2v) is 4.24. The molecule has 0 radical (unpaired) electrons. The van der Waals surface area contributed by atoms with E-state index in [1.165, 1.54) is 0 Å². The van der Waals surface area contributed by atoms with Crippen molar-refractivity contribution in [3.63, 3.8) is 0 Å². The van der Waals surface area contributed by atoms with E-state index in [1.807, 2.05) is 0 Å². The average Bonchev–Trinajstić information content (AvgIpc) is 2.36. The fourth-order valence-electron chi connectivity index (χ4n) is 1.80. The van der Waals surface area contributed by atoms with Gasteiger partial charge in [0.2, 0.25) is 0 Å². The maximum atomic E-state index is 9.36. The molecular formula is C9H20N2O. The zero-order chi connectivity index (χ0) is 9.19. The Balaban J connectivity index is 2.45. The molecule has 1 heterocycles. The zero-order valence-electron chi connectivity index (χ0n) is 8.08. The molecule has 3 nitrogen and oxygen atoms in total. The van der Waals surface area contributed by atoms with Crippen LogP contribution in [0.25, 0.3) is 0 Å². The lowest BCUT2D eigenvalue weighted by molar-refractivity contribution is 0.113. The van der Waals surface area contributed by atoms with Crippen LogP contribution in [-0.4, -0.2) is 41.3 Å². The topological polar surface area (TPSA) is 49.5 Å². The molecule has 0 aromatic rings. The number of nitrogens with zero attached hydrogens (tertiary/aromatic N) is 1. The largest absolute Gasteiger partial charge is 0.392 e. The zero-order valence-corrected chi connectivity index (χ0v) is 8.08. The van der Waals surface area contributed by atoms with Gasteiger partial charge < -0.3 is 10.8 Å². The summed E-state index contributed by atoms with van der Waals surface area (Å²) in [6.07, 6.45) is 1.79. The Kier molecular flexibility index (Phi) is 3.09. The molecule has 0 spiro atoms. The maximum absolute atomic E-state index is 9.36. The first-order valence-corrected chi connectivity index (χ1v) is 4.69. The first-order chi connectivity index (χ1) is 5.56. The molecule has 0 aliphatic carbocycles. The van der Waals surface area contributed by atoms with Crippen molar-refractivity contribution >= 4 is 0 Å². The number of nitrogens with two attached hydrogens (primary N) is 1. The lowest BCUT2D eigenvalue weighted by Gasteiger charge is -2.35. The van der Waals surface area contributed by atoms with Crippen LogP contribution in [0.15, 0.2) is 0 Å². The molecule has 3 heteroatoms. The number of likely N-dealkylation sites (tertiary alicyclic amines) is 1. The molecule has 0 aromatic carbocycles. The highest BCUT2D eigenvalue weighted by molar-refractivity contribution is 4.87. The van der Waals surface area contributed by atoms with E-state index >= 15 is 0 Å². The lowest BCUT2D eigenvalue weighted by Crippen LogP contribution is -2.44. The number of rotatable bonds is 3. The lowest BCUT2D eigenvalue weighted by atomic mass is 9.99. The summed E-state index contributed by atoms with van der Waals surface area (Å²) in [6.45, 7) is 6.93. The molecule has 1 aliphatic heterocycles. The molecule has 1 aliphatic rings. The first-order valence-electron chi connectivity index (χ1n) is 4.69. The van der Waals surface area contributed by atoms with Gasteiger partial charge in [0.05, 0.1) is 6.10 Å². The van der Waals surface area contributed by atoms with Crippen LogP contribution >= 0.6 is 0 Å². The van der Waals surface area contributed by atoms with Gasteiger partial charge in [0.1, 0.15) is 0 Å². The van der Waals surface area contributed by atoms with E-state index in [0.717, 1.165) is 32.5 Å². The van der Waals surface area contributed by atoms with Crippen molar-refractivity contribution in [2.75, 3.05) is 19.6 Å². The van der Waals surface area contributed by atoms with E-state index in [9.17, 15) is 5.11 Å². The minimum atomic E-state index is -0.123. The van der Waals surface area contributed by atoms with E-state index in [1.54, 1.807) is 0 Å². The molecule has 1 saturated heterocycles. The normalized spacial score (nSPS) is 26.5. The Morgan fingerprint density at radius 2 is 2.25 bits per heavy atom. The quantitative estimate of drug-likeness (QED) is 0.638. The minimum absolute atomic E-state index is 0.123. The summed E-state index contributed by atoms with van der Waals surface area (Å²) in [5.74, 6) is 0. The molecule has 0 amide bonds. The van der Waals surface area contributed by atoms with Crippen LogP contribution in [-0.2, 0) is 0 Å². The van der Waals surface area contributed by atoms with Gasteiger partial charge in [-0.3, -0.25) is 4.90 Å². The Morgan fingerprint density at radius 1 is 1.58 bits per heavy atom. The molecule has 0 bridgehead atoms. The van der Waals surface area contributed by atoms with Crippen molar-refractivity contribution in [1.82, 2.24) is 4.90 Å². The van der Waals surface area contributed by atoms with Gasteiger partial charge in [-0.1, -0.05) is 0 Å². The third-order valence-corrected chi connectivity index (χ3v) is 2.78. The smallest absolute Gasteiger partial charge is 0.0679 e. The van der Waals surface area contributed by atoms with Crippen LogP contribution in [0.2, 0.25) is 0 Å². The Labute approximate surface area is 74.5 Å². The van der Waals surface area contributed by atoms with Crippen molar-refractivity contribution in [3.05, 3.63) is 0 Å². The number of hydrogen-bond acceptors (Lipinski definition) is 3. The summed E-state index contributed by atoms with van der Waals surface area (Å²) in [5.41, 5.74) is 5.69. The predicted molar refractivity (Wildman–Crippen MR) is 49.9 cm³/mol. The van der Waals surface area contributed by atoms with Gasteiger partial charge in [0.25, 0.3) is 0 Å². The first kappa shape index (κ1) is 9.96. The second-order valence-electron chi connectivity index (χ2n) is 4.24. The van der Waals surface area contributed by atoms with Crippen molar-refractivity contribution in [1.29, 1.82) is 0 Å². The van der Waals surface area contributed by atoms with Crippen LogP contribution < -0.4 is 5.73 Å². The van der Waals surface area contributed by atoms with Crippen LogP contribution in [0.4, 0.5) is 0 Å². The number of β-amino-alcohol motifs (C(OH)–C–C–N with tert-alkyl or cyclic N) is 1. The molecule has 0 saturated carbocycles. The molecule has 3 N–H and O–H groups in total. The van der Waals surface area contributed by atoms with Crippen LogP contribution in [0.5, 0.6) is 0 Å². The number of hydrogen-bond donors (Lipinski definition) is 2. The van der Waals surface area contributed by atoms with E-state index in [0.29, 0.717) is 0 Å². The summed E-state index contributed by atoms with van der Waals surface area (Å²) >= 11 is 0.